The lowest BCUT2D eigenvalue weighted by atomic mass is 10.1. The van der Waals surface area contributed by atoms with Crippen LogP contribution in [0.1, 0.15) is 51.9 Å². The second-order valence-corrected chi connectivity index (χ2v) is 5.84. The molecule has 0 spiro atoms. The molecule has 128 valence electrons. The minimum absolute atomic E-state index is 0.0999. The molecule has 0 bridgehead atoms. The standard InChI is InChI=1S/C17H31NO4/c1-4-5-6-8-15(20-3)11-14(2)18-12-17(19)22-16-9-7-10-21-13-16/h15-16,18H,2,4-13H2,1,3H3/t15-,16+/m0/s1. The monoisotopic (exact) mass is 313 g/mol. The lowest BCUT2D eigenvalue weighted by Crippen LogP contribution is -2.33. The fourth-order valence-corrected chi connectivity index (χ4v) is 2.50. The molecule has 0 unspecified atom stereocenters. The van der Waals surface area contributed by atoms with Crippen LogP contribution in [0.15, 0.2) is 12.3 Å². The van der Waals surface area contributed by atoms with E-state index < -0.39 is 0 Å². The van der Waals surface area contributed by atoms with Gasteiger partial charge in [0, 0.05) is 25.8 Å². The normalized spacial score (nSPS) is 19.5. The Morgan fingerprint density at radius 2 is 2.27 bits per heavy atom. The van der Waals surface area contributed by atoms with Crippen LogP contribution in [0.5, 0.6) is 0 Å². The van der Waals surface area contributed by atoms with Crippen LogP contribution >= 0.6 is 0 Å². The topological polar surface area (TPSA) is 56.8 Å². The lowest BCUT2D eigenvalue weighted by Gasteiger charge is -2.22. The minimum atomic E-state index is -0.253. The van der Waals surface area contributed by atoms with Gasteiger partial charge in [0.1, 0.15) is 12.6 Å². The molecule has 0 aromatic heterocycles. The van der Waals surface area contributed by atoms with Crippen LogP contribution < -0.4 is 5.32 Å². The van der Waals surface area contributed by atoms with Gasteiger partial charge in [0.25, 0.3) is 0 Å². The summed E-state index contributed by atoms with van der Waals surface area (Å²) in [5.41, 5.74) is 0.820. The predicted molar refractivity (Wildman–Crippen MR) is 86.6 cm³/mol. The average Bonchev–Trinajstić information content (AvgIpc) is 2.53. The number of unbranched alkanes of at least 4 members (excludes halogenated alkanes) is 2. The third kappa shape index (κ3) is 8.39. The van der Waals surface area contributed by atoms with E-state index in [9.17, 15) is 4.79 Å². The number of esters is 1. The molecule has 1 fully saturated rings. The number of hydrogen-bond acceptors (Lipinski definition) is 5. The van der Waals surface area contributed by atoms with Crippen molar-refractivity contribution in [2.45, 2.75) is 64.1 Å². The van der Waals surface area contributed by atoms with E-state index in [2.05, 4.69) is 18.8 Å². The molecule has 0 amide bonds. The summed E-state index contributed by atoms with van der Waals surface area (Å²) in [6.07, 6.45) is 7.22. The number of carbonyl (C=O) groups is 1. The fourth-order valence-electron chi connectivity index (χ4n) is 2.50. The van der Waals surface area contributed by atoms with E-state index in [1.165, 1.54) is 12.8 Å². The van der Waals surface area contributed by atoms with Crippen LogP contribution in [-0.2, 0) is 19.0 Å². The second kappa shape index (κ2) is 11.5. The third-order valence-electron chi connectivity index (χ3n) is 3.84. The quantitative estimate of drug-likeness (QED) is 0.469. The Morgan fingerprint density at radius 1 is 1.45 bits per heavy atom. The average molecular weight is 313 g/mol. The van der Waals surface area contributed by atoms with Gasteiger partial charge in [-0.15, -0.1) is 0 Å². The van der Waals surface area contributed by atoms with Crippen molar-refractivity contribution in [1.82, 2.24) is 5.32 Å². The summed E-state index contributed by atoms with van der Waals surface area (Å²) in [4.78, 5) is 11.8. The summed E-state index contributed by atoms with van der Waals surface area (Å²) in [6.45, 7) is 7.58. The van der Waals surface area contributed by atoms with Crippen molar-refractivity contribution in [2.75, 3.05) is 26.9 Å². The molecule has 1 heterocycles. The minimum Gasteiger partial charge on any atom is -0.459 e. The zero-order valence-corrected chi connectivity index (χ0v) is 14.1. The van der Waals surface area contributed by atoms with Gasteiger partial charge in [-0.3, -0.25) is 4.79 Å². The molecule has 22 heavy (non-hydrogen) atoms. The summed E-state index contributed by atoms with van der Waals surface area (Å²) in [5, 5.41) is 3.04. The number of ether oxygens (including phenoxy) is 3. The molecular weight excluding hydrogens is 282 g/mol. The number of methoxy groups -OCH3 is 1. The highest BCUT2D eigenvalue weighted by Gasteiger charge is 2.18. The summed E-state index contributed by atoms with van der Waals surface area (Å²) in [5.74, 6) is -0.253. The van der Waals surface area contributed by atoms with Gasteiger partial charge in [-0.1, -0.05) is 32.8 Å². The molecular formula is C17H31NO4. The van der Waals surface area contributed by atoms with Crippen LogP contribution in [0.2, 0.25) is 0 Å². The van der Waals surface area contributed by atoms with Crippen molar-refractivity contribution in [1.29, 1.82) is 0 Å². The molecule has 0 aromatic rings. The SMILES string of the molecule is C=C(C[C@H](CCCCC)OC)NCC(=O)O[C@@H]1CCCOC1. The van der Waals surface area contributed by atoms with Crippen molar-refractivity contribution >= 4 is 5.97 Å². The summed E-state index contributed by atoms with van der Waals surface area (Å²) in [7, 11) is 1.72. The van der Waals surface area contributed by atoms with Crippen molar-refractivity contribution < 1.29 is 19.0 Å². The maximum absolute atomic E-state index is 11.8. The highest BCUT2D eigenvalue weighted by molar-refractivity contribution is 5.72. The van der Waals surface area contributed by atoms with Crippen LogP contribution in [0.3, 0.4) is 0 Å². The Bertz CT molecular complexity index is 327. The lowest BCUT2D eigenvalue weighted by molar-refractivity contribution is -0.153. The van der Waals surface area contributed by atoms with E-state index in [4.69, 9.17) is 14.2 Å². The van der Waals surface area contributed by atoms with Gasteiger partial charge in [-0.2, -0.15) is 0 Å². The molecule has 0 aromatic carbocycles. The molecule has 1 saturated heterocycles. The molecule has 2 atom stereocenters. The fraction of sp³-hybridized carbons (Fsp3) is 0.824. The van der Waals surface area contributed by atoms with Gasteiger partial charge in [-0.05, 0) is 19.3 Å². The zero-order valence-electron chi connectivity index (χ0n) is 14.1. The molecule has 1 aliphatic rings. The van der Waals surface area contributed by atoms with E-state index in [1.807, 2.05) is 0 Å². The first kappa shape index (κ1) is 19.0. The maximum atomic E-state index is 11.8. The summed E-state index contributed by atoms with van der Waals surface area (Å²) < 4.78 is 16.1. The molecule has 5 nitrogen and oxygen atoms in total. The second-order valence-electron chi connectivity index (χ2n) is 5.84. The van der Waals surface area contributed by atoms with Gasteiger partial charge in [0.05, 0.1) is 12.7 Å². The predicted octanol–water partition coefficient (Wildman–Crippen LogP) is 2.80. The Balaban J connectivity index is 2.16. The van der Waals surface area contributed by atoms with Gasteiger partial charge >= 0.3 is 5.97 Å². The van der Waals surface area contributed by atoms with Gasteiger partial charge in [0.15, 0.2) is 0 Å². The Kier molecular flexibility index (Phi) is 9.91. The highest BCUT2D eigenvalue weighted by Crippen LogP contribution is 2.13. The smallest absolute Gasteiger partial charge is 0.325 e. The molecule has 1 N–H and O–H groups in total. The third-order valence-corrected chi connectivity index (χ3v) is 3.84. The van der Waals surface area contributed by atoms with Crippen LogP contribution in [0.25, 0.3) is 0 Å². The first-order valence-corrected chi connectivity index (χ1v) is 8.37. The molecule has 0 saturated carbocycles. The van der Waals surface area contributed by atoms with Crippen molar-refractivity contribution in [2.24, 2.45) is 0 Å². The Hall–Kier alpha value is -1.07. The largest absolute Gasteiger partial charge is 0.459 e. The van der Waals surface area contributed by atoms with Crippen molar-refractivity contribution in [3.8, 4) is 0 Å². The van der Waals surface area contributed by atoms with Gasteiger partial charge < -0.3 is 19.5 Å². The van der Waals surface area contributed by atoms with E-state index in [-0.39, 0.29) is 24.7 Å². The summed E-state index contributed by atoms with van der Waals surface area (Å²) >= 11 is 0. The molecule has 0 radical (unpaired) electrons. The van der Waals surface area contributed by atoms with Crippen LogP contribution in [0, 0.1) is 0 Å². The number of hydrogen-bond donors (Lipinski definition) is 1. The van der Waals surface area contributed by atoms with E-state index in [1.54, 1.807) is 7.11 Å². The maximum Gasteiger partial charge on any atom is 0.325 e. The van der Waals surface area contributed by atoms with Gasteiger partial charge in [-0.25, -0.2) is 0 Å². The molecule has 5 heteroatoms. The molecule has 0 aliphatic carbocycles. The number of carbonyl (C=O) groups excluding carboxylic acids is 1. The van der Waals surface area contributed by atoms with Crippen molar-refractivity contribution in [3.63, 3.8) is 0 Å². The highest BCUT2D eigenvalue weighted by atomic mass is 16.6. The van der Waals surface area contributed by atoms with Crippen LogP contribution in [-0.4, -0.2) is 45.0 Å². The Labute approximate surface area is 134 Å². The number of nitrogens with one attached hydrogen (secondary N) is 1. The molecule has 1 aliphatic heterocycles. The van der Waals surface area contributed by atoms with E-state index in [0.717, 1.165) is 44.4 Å². The van der Waals surface area contributed by atoms with E-state index >= 15 is 0 Å². The first-order chi connectivity index (χ1) is 10.7. The zero-order chi connectivity index (χ0) is 16.2. The van der Waals surface area contributed by atoms with Crippen LogP contribution in [0.4, 0.5) is 0 Å². The first-order valence-electron chi connectivity index (χ1n) is 8.37. The number of rotatable bonds is 11. The van der Waals surface area contributed by atoms with Gasteiger partial charge in [0.2, 0.25) is 0 Å². The van der Waals surface area contributed by atoms with Crippen molar-refractivity contribution in [3.05, 3.63) is 12.3 Å². The summed E-state index contributed by atoms with van der Waals surface area (Å²) in [6, 6.07) is 0. The Morgan fingerprint density at radius 3 is 2.91 bits per heavy atom. The van der Waals surface area contributed by atoms with E-state index in [0.29, 0.717) is 6.61 Å². The molecule has 1 rings (SSSR count).